The number of aryl methyl sites for hydroxylation is 2. The Morgan fingerprint density at radius 2 is 1.92 bits per heavy atom. The minimum Gasteiger partial charge on any atom is -0.497 e. The zero-order valence-corrected chi connectivity index (χ0v) is 15.3. The molecule has 26 heavy (non-hydrogen) atoms. The number of nitrogens with one attached hydrogen (secondary N) is 1. The smallest absolute Gasteiger partial charge is 0.357 e. The first kappa shape index (κ1) is 16.4. The van der Waals surface area contributed by atoms with E-state index < -0.39 is 5.97 Å². The fraction of sp³-hybridized carbons (Fsp3) is 0.238. The predicted molar refractivity (Wildman–Crippen MR) is 103 cm³/mol. The molecule has 4 rings (SSSR count). The molecule has 132 valence electrons. The van der Waals surface area contributed by atoms with Crippen LogP contribution in [-0.4, -0.2) is 29.7 Å². The number of benzene rings is 2. The third-order valence-electron chi connectivity index (χ3n) is 4.95. The monoisotopic (exact) mass is 348 g/mol. The standard InChI is InChI=1S/C21H20N2O3/c1-5-26-21(24)20-17-12(3)18-15-10-13(25-4)6-7-16(15)23-19(18)11(2)14(17)8-9-22-20/h6-10,23H,5H2,1-4H3. The van der Waals surface area contributed by atoms with Crippen LogP contribution in [0.25, 0.3) is 32.6 Å². The molecule has 0 aliphatic heterocycles. The molecule has 2 aromatic carbocycles. The van der Waals surface area contributed by atoms with Crippen LogP contribution in [0, 0.1) is 13.8 Å². The summed E-state index contributed by atoms with van der Waals surface area (Å²) in [5.74, 6) is 0.407. The van der Waals surface area contributed by atoms with Gasteiger partial charge in [-0.25, -0.2) is 9.78 Å². The number of rotatable bonds is 3. The predicted octanol–water partition coefficient (Wildman–Crippen LogP) is 4.67. The lowest BCUT2D eigenvalue weighted by Gasteiger charge is -2.12. The summed E-state index contributed by atoms with van der Waals surface area (Å²) in [5, 5.41) is 4.01. The van der Waals surface area contributed by atoms with Gasteiger partial charge >= 0.3 is 5.97 Å². The SMILES string of the molecule is CCOC(=O)c1nccc2c(C)c3[nH]c4ccc(OC)cc4c3c(C)c12. The van der Waals surface area contributed by atoms with E-state index in [0.717, 1.165) is 49.5 Å². The lowest BCUT2D eigenvalue weighted by atomic mass is 9.95. The van der Waals surface area contributed by atoms with Crippen LogP contribution in [0.15, 0.2) is 30.5 Å². The van der Waals surface area contributed by atoms with Crippen LogP contribution >= 0.6 is 0 Å². The fourth-order valence-electron chi connectivity index (χ4n) is 3.74. The van der Waals surface area contributed by atoms with Gasteiger partial charge in [-0.3, -0.25) is 0 Å². The van der Waals surface area contributed by atoms with Crippen molar-refractivity contribution in [3.8, 4) is 5.75 Å². The van der Waals surface area contributed by atoms with Crippen LogP contribution < -0.4 is 4.74 Å². The molecule has 4 aromatic rings. The Balaban J connectivity index is 2.18. The average molecular weight is 348 g/mol. The van der Waals surface area contributed by atoms with Gasteiger partial charge in [0, 0.05) is 27.9 Å². The van der Waals surface area contributed by atoms with Gasteiger partial charge in [0.15, 0.2) is 5.69 Å². The van der Waals surface area contributed by atoms with E-state index in [1.54, 1.807) is 20.2 Å². The highest BCUT2D eigenvalue weighted by molar-refractivity contribution is 6.19. The number of aromatic nitrogens is 2. The number of fused-ring (bicyclic) bond motifs is 4. The molecule has 5 heteroatoms. The van der Waals surface area contributed by atoms with Crippen molar-refractivity contribution in [2.45, 2.75) is 20.8 Å². The number of carbonyl (C=O) groups excluding carboxylic acids is 1. The molecule has 0 saturated heterocycles. The summed E-state index contributed by atoms with van der Waals surface area (Å²) in [6, 6.07) is 7.93. The number of hydrogen-bond acceptors (Lipinski definition) is 4. The Morgan fingerprint density at radius 3 is 2.65 bits per heavy atom. The molecule has 0 aliphatic rings. The molecule has 0 aliphatic carbocycles. The molecule has 2 heterocycles. The van der Waals surface area contributed by atoms with Crippen molar-refractivity contribution >= 4 is 38.5 Å². The van der Waals surface area contributed by atoms with Gasteiger partial charge in [-0.05, 0) is 61.5 Å². The van der Waals surface area contributed by atoms with Crippen molar-refractivity contribution < 1.29 is 14.3 Å². The quantitative estimate of drug-likeness (QED) is 0.546. The average Bonchev–Trinajstić information content (AvgIpc) is 3.04. The number of esters is 1. The van der Waals surface area contributed by atoms with E-state index in [1.165, 1.54) is 0 Å². The van der Waals surface area contributed by atoms with Crippen molar-refractivity contribution in [1.82, 2.24) is 9.97 Å². The number of nitrogens with zero attached hydrogens (tertiary/aromatic N) is 1. The molecule has 5 nitrogen and oxygen atoms in total. The summed E-state index contributed by atoms with van der Waals surface area (Å²) in [6.07, 6.45) is 1.67. The van der Waals surface area contributed by atoms with Gasteiger partial charge < -0.3 is 14.5 Å². The number of carbonyl (C=O) groups is 1. The molecule has 0 amide bonds. The Labute approximate surface area is 150 Å². The van der Waals surface area contributed by atoms with Gasteiger partial charge in [-0.1, -0.05) is 0 Å². The molecule has 0 atom stereocenters. The summed E-state index contributed by atoms with van der Waals surface area (Å²) < 4.78 is 10.6. The number of pyridine rings is 1. The number of hydrogen-bond donors (Lipinski definition) is 1. The van der Waals surface area contributed by atoms with Gasteiger partial charge in [0.2, 0.25) is 0 Å². The van der Waals surface area contributed by atoms with Gasteiger partial charge in [0.1, 0.15) is 5.75 Å². The summed E-state index contributed by atoms with van der Waals surface area (Å²) >= 11 is 0. The highest BCUT2D eigenvalue weighted by atomic mass is 16.5. The molecule has 0 spiro atoms. The van der Waals surface area contributed by atoms with Crippen molar-refractivity contribution in [3.05, 3.63) is 47.3 Å². The van der Waals surface area contributed by atoms with Crippen LogP contribution in [0.3, 0.4) is 0 Å². The molecule has 0 bridgehead atoms. The van der Waals surface area contributed by atoms with Gasteiger partial charge in [0.25, 0.3) is 0 Å². The van der Waals surface area contributed by atoms with E-state index in [9.17, 15) is 4.79 Å². The normalized spacial score (nSPS) is 11.4. The molecule has 2 aromatic heterocycles. The Kier molecular flexibility index (Phi) is 3.80. The third kappa shape index (κ3) is 2.24. The van der Waals surface area contributed by atoms with Crippen molar-refractivity contribution in [3.63, 3.8) is 0 Å². The van der Waals surface area contributed by atoms with Crippen molar-refractivity contribution in [1.29, 1.82) is 0 Å². The summed E-state index contributed by atoms with van der Waals surface area (Å²) in [5.41, 5.74) is 4.57. The topological polar surface area (TPSA) is 64.2 Å². The maximum absolute atomic E-state index is 12.4. The molecule has 0 fully saturated rings. The number of aromatic amines is 1. The van der Waals surface area contributed by atoms with E-state index in [2.05, 4.69) is 16.9 Å². The first-order chi connectivity index (χ1) is 12.6. The van der Waals surface area contributed by atoms with E-state index in [-0.39, 0.29) is 0 Å². The molecule has 0 unspecified atom stereocenters. The molecule has 0 radical (unpaired) electrons. The van der Waals surface area contributed by atoms with Crippen LogP contribution in [0.2, 0.25) is 0 Å². The van der Waals surface area contributed by atoms with E-state index >= 15 is 0 Å². The van der Waals surface area contributed by atoms with Gasteiger partial charge in [-0.15, -0.1) is 0 Å². The van der Waals surface area contributed by atoms with E-state index in [1.807, 2.05) is 31.2 Å². The minimum absolute atomic E-state index is 0.321. The van der Waals surface area contributed by atoms with E-state index in [0.29, 0.717) is 12.3 Å². The fourth-order valence-corrected chi connectivity index (χ4v) is 3.74. The largest absolute Gasteiger partial charge is 0.497 e. The van der Waals surface area contributed by atoms with E-state index in [4.69, 9.17) is 9.47 Å². The highest BCUT2D eigenvalue weighted by Gasteiger charge is 2.20. The second-order valence-electron chi connectivity index (χ2n) is 6.34. The minimum atomic E-state index is -0.391. The number of methoxy groups -OCH3 is 1. The van der Waals surface area contributed by atoms with Crippen molar-refractivity contribution in [2.75, 3.05) is 13.7 Å². The Bertz CT molecular complexity index is 1170. The van der Waals surface area contributed by atoms with Gasteiger partial charge in [-0.2, -0.15) is 0 Å². The van der Waals surface area contributed by atoms with Crippen LogP contribution in [0.5, 0.6) is 5.75 Å². The Hall–Kier alpha value is -3.08. The van der Waals surface area contributed by atoms with Crippen LogP contribution in [-0.2, 0) is 4.74 Å². The lowest BCUT2D eigenvalue weighted by Crippen LogP contribution is -2.08. The summed E-state index contributed by atoms with van der Waals surface area (Å²) in [7, 11) is 1.66. The third-order valence-corrected chi connectivity index (χ3v) is 4.95. The first-order valence-corrected chi connectivity index (χ1v) is 8.61. The van der Waals surface area contributed by atoms with Crippen molar-refractivity contribution in [2.24, 2.45) is 0 Å². The number of ether oxygens (including phenoxy) is 2. The first-order valence-electron chi connectivity index (χ1n) is 8.61. The second-order valence-corrected chi connectivity index (χ2v) is 6.34. The summed E-state index contributed by atoms with van der Waals surface area (Å²) in [6.45, 7) is 6.21. The zero-order valence-electron chi connectivity index (χ0n) is 15.3. The Morgan fingerprint density at radius 1 is 1.12 bits per heavy atom. The van der Waals surface area contributed by atoms with Gasteiger partial charge in [0.05, 0.1) is 19.2 Å². The molecule has 1 N–H and O–H groups in total. The van der Waals surface area contributed by atoms with Crippen LogP contribution in [0.4, 0.5) is 0 Å². The maximum Gasteiger partial charge on any atom is 0.357 e. The maximum atomic E-state index is 12.4. The zero-order chi connectivity index (χ0) is 18.4. The molecular weight excluding hydrogens is 328 g/mol. The molecule has 0 saturated carbocycles. The lowest BCUT2D eigenvalue weighted by molar-refractivity contribution is 0.0522. The summed E-state index contributed by atoms with van der Waals surface area (Å²) in [4.78, 5) is 20.3. The van der Waals surface area contributed by atoms with Crippen LogP contribution in [0.1, 0.15) is 28.5 Å². The number of H-pyrrole nitrogens is 1. The molecular formula is C21H20N2O3. The highest BCUT2D eigenvalue weighted by Crippen LogP contribution is 2.38. The second kappa shape index (κ2) is 6.02.